The van der Waals surface area contributed by atoms with Gasteiger partial charge in [0.15, 0.2) is 0 Å². The Kier molecular flexibility index (Phi) is 5.76. The molecular formula is C21H26N2O4S. The Morgan fingerprint density at radius 3 is 2.46 bits per heavy atom. The molecule has 6 nitrogen and oxygen atoms in total. The summed E-state index contributed by atoms with van der Waals surface area (Å²) in [6.45, 7) is 6.83. The molecule has 2 N–H and O–H groups in total. The first kappa shape index (κ1) is 20.4. The van der Waals surface area contributed by atoms with Crippen molar-refractivity contribution >= 4 is 21.6 Å². The SMILES string of the molecule is CC(C)(C)c1ccc(OCCNS(=O)(=O)c2ccc3c(c2)CCC(=O)N3)cc1. The Hall–Kier alpha value is -2.38. The number of aryl methyl sites for hydroxylation is 1. The number of hydrogen-bond donors (Lipinski definition) is 2. The highest BCUT2D eigenvalue weighted by molar-refractivity contribution is 7.89. The molecule has 0 aromatic heterocycles. The van der Waals surface area contributed by atoms with Gasteiger partial charge in [0, 0.05) is 18.7 Å². The smallest absolute Gasteiger partial charge is 0.240 e. The zero-order chi connectivity index (χ0) is 20.4. The van der Waals surface area contributed by atoms with E-state index in [-0.39, 0.29) is 29.4 Å². The number of sulfonamides is 1. The van der Waals surface area contributed by atoms with Crippen LogP contribution in [0.2, 0.25) is 0 Å². The average Bonchev–Trinajstić information content (AvgIpc) is 2.64. The number of rotatable bonds is 6. The van der Waals surface area contributed by atoms with Crippen LogP contribution in [-0.2, 0) is 26.7 Å². The molecule has 0 saturated heterocycles. The fourth-order valence-corrected chi connectivity index (χ4v) is 4.07. The Morgan fingerprint density at radius 1 is 1.07 bits per heavy atom. The molecule has 0 bridgehead atoms. The Labute approximate surface area is 166 Å². The van der Waals surface area contributed by atoms with Gasteiger partial charge >= 0.3 is 0 Å². The molecular weight excluding hydrogens is 376 g/mol. The lowest BCUT2D eigenvalue weighted by molar-refractivity contribution is -0.116. The van der Waals surface area contributed by atoms with Crippen LogP contribution in [0.1, 0.15) is 38.3 Å². The minimum Gasteiger partial charge on any atom is -0.492 e. The summed E-state index contributed by atoms with van der Waals surface area (Å²) < 4.78 is 33.2. The van der Waals surface area contributed by atoms with E-state index in [2.05, 4.69) is 30.8 Å². The van der Waals surface area contributed by atoms with E-state index < -0.39 is 10.0 Å². The number of anilines is 1. The maximum Gasteiger partial charge on any atom is 0.240 e. The number of carbonyl (C=O) groups is 1. The normalized spacial score (nSPS) is 14.3. The number of ether oxygens (including phenoxy) is 1. The van der Waals surface area contributed by atoms with Gasteiger partial charge in [0.1, 0.15) is 12.4 Å². The fourth-order valence-electron chi connectivity index (χ4n) is 3.01. The summed E-state index contributed by atoms with van der Waals surface area (Å²) in [7, 11) is -3.63. The van der Waals surface area contributed by atoms with E-state index in [1.54, 1.807) is 12.1 Å². The molecule has 0 aliphatic carbocycles. The molecule has 28 heavy (non-hydrogen) atoms. The van der Waals surface area contributed by atoms with Crippen molar-refractivity contribution in [2.75, 3.05) is 18.5 Å². The first-order valence-electron chi connectivity index (χ1n) is 9.31. The standard InChI is InChI=1S/C21H26N2O4S/c1-21(2,3)16-5-7-17(8-6-16)27-13-12-22-28(25,26)18-9-10-19-15(14-18)4-11-20(24)23-19/h5-10,14,22H,4,11-13H2,1-3H3,(H,23,24). The molecule has 0 fully saturated rings. The van der Waals surface area contributed by atoms with Crippen molar-refractivity contribution in [1.82, 2.24) is 4.72 Å². The van der Waals surface area contributed by atoms with Crippen molar-refractivity contribution in [3.8, 4) is 5.75 Å². The monoisotopic (exact) mass is 402 g/mol. The van der Waals surface area contributed by atoms with E-state index in [0.717, 1.165) is 5.56 Å². The molecule has 0 spiro atoms. The molecule has 2 aromatic rings. The quantitative estimate of drug-likeness (QED) is 0.727. The second-order valence-corrected chi connectivity index (χ2v) is 9.65. The van der Waals surface area contributed by atoms with E-state index in [9.17, 15) is 13.2 Å². The molecule has 1 heterocycles. The van der Waals surface area contributed by atoms with Gasteiger partial charge in [-0.1, -0.05) is 32.9 Å². The average molecular weight is 403 g/mol. The predicted octanol–water partition coefficient (Wildman–Crippen LogP) is 3.23. The van der Waals surface area contributed by atoms with E-state index in [1.165, 1.54) is 11.6 Å². The molecule has 3 rings (SSSR count). The van der Waals surface area contributed by atoms with Crippen LogP contribution >= 0.6 is 0 Å². The summed E-state index contributed by atoms with van der Waals surface area (Å²) in [6, 6.07) is 12.6. The summed E-state index contributed by atoms with van der Waals surface area (Å²) in [4.78, 5) is 11.6. The van der Waals surface area contributed by atoms with Gasteiger partial charge in [-0.3, -0.25) is 4.79 Å². The lowest BCUT2D eigenvalue weighted by Crippen LogP contribution is -2.28. The minimum atomic E-state index is -3.63. The third kappa shape index (κ3) is 4.91. The fraction of sp³-hybridized carbons (Fsp3) is 0.381. The highest BCUT2D eigenvalue weighted by atomic mass is 32.2. The molecule has 7 heteroatoms. The van der Waals surface area contributed by atoms with Gasteiger partial charge in [0.2, 0.25) is 15.9 Å². The zero-order valence-electron chi connectivity index (χ0n) is 16.4. The van der Waals surface area contributed by atoms with Crippen LogP contribution in [0.4, 0.5) is 5.69 Å². The Bertz CT molecular complexity index is 961. The number of nitrogens with one attached hydrogen (secondary N) is 2. The second-order valence-electron chi connectivity index (χ2n) is 7.89. The van der Waals surface area contributed by atoms with Crippen LogP contribution in [0.25, 0.3) is 0 Å². The second kappa shape index (κ2) is 7.93. The molecule has 1 aliphatic heterocycles. The largest absolute Gasteiger partial charge is 0.492 e. The molecule has 0 unspecified atom stereocenters. The predicted molar refractivity (Wildman–Crippen MR) is 109 cm³/mol. The van der Waals surface area contributed by atoms with E-state index >= 15 is 0 Å². The van der Waals surface area contributed by atoms with Crippen molar-refractivity contribution in [2.45, 2.75) is 43.9 Å². The van der Waals surface area contributed by atoms with Gasteiger partial charge in [0.25, 0.3) is 0 Å². The first-order chi connectivity index (χ1) is 13.1. The molecule has 0 saturated carbocycles. The van der Waals surface area contributed by atoms with Gasteiger partial charge in [0.05, 0.1) is 4.90 Å². The van der Waals surface area contributed by atoms with Crippen LogP contribution in [0, 0.1) is 0 Å². The zero-order valence-corrected chi connectivity index (χ0v) is 17.2. The summed E-state index contributed by atoms with van der Waals surface area (Å²) in [5.74, 6) is 0.658. The maximum absolute atomic E-state index is 12.5. The van der Waals surface area contributed by atoms with Crippen molar-refractivity contribution in [3.63, 3.8) is 0 Å². The Morgan fingerprint density at radius 2 is 1.79 bits per heavy atom. The van der Waals surface area contributed by atoms with Crippen LogP contribution < -0.4 is 14.8 Å². The number of carbonyl (C=O) groups excluding carboxylic acids is 1. The van der Waals surface area contributed by atoms with Crippen molar-refractivity contribution < 1.29 is 17.9 Å². The molecule has 2 aromatic carbocycles. The molecule has 1 aliphatic rings. The van der Waals surface area contributed by atoms with E-state index in [4.69, 9.17) is 4.74 Å². The van der Waals surface area contributed by atoms with Gasteiger partial charge in [-0.2, -0.15) is 0 Å². The van der Waals surface area contributed by atoms with E-state index in [1.807, 2.05) is 24.3 Å². The van der Waals surface area contributed by atoms with Crippen LogP contribution in [0.15, 0.2) is 47.4 Å². The highest BCUT2D eigenvalue weighted by Gasteiger charge is 2.19. The molecule has 1 amide bonds. The third-order valence-electron chi connectivity index (χ3n) is 4.67. The van der Waals surface area contributed by atoms with Gasteiger partial charge in [-0.15, -0.1) is 0 Å². The van der Waals surface area contributed by atoms with Gasteiger partial charge in [-0.05, 0) is 53.3 Å². The summed E-state index contributed by atoms with van der Waals surface area (Å²) in [6.07, 6.45) is 0.907. The number of benzene rings is 2. The van der Waals surface area contributed by atoms with Gasteiger partial charge < -0.3 is 10.1 Å². The summed E-state index contributed by atoms with van der Waals surface area (Å²) in [5.41, 5.74) is 2.80. The van der Waals surface area contributed by atoms with E-state index in [0.29, 0.717) is 24.3 Å². The first-order valence-corrected chi connectivity index (χ1v) is 10.8. The molecule has 0 atom stereocenters. The Balaban J connectivity index is 1.55. The highest BCUT2D eigenvalue weighted by Crippen LogP contribution is 2.26. The number of amides is 1. The minimum absolute atomic E-state index is 0.0473. The van der Waals surface area contributed by atoms with Crippen LogP contribution in [0.5, 0.6) is 5.75 Å². The molecule has 150 valence electrons. The topological polar surface area (TPSA) is 84.5 Å². The van der Waals surface area contributed by atoms with Crippen molar-refractivity contribution in [2.24, 2.45) is 0 Å². The lowest BCUT2D eigenvalue weighted by atomic mass is 9.87. The molecule has 0 radical (unpaired) electrons. The summed E-state index contributed by atoms with van der Waals surface area (Å²) in [5, 5.41) is 2.75. The van der Waals surface area contributed by atoms with Crippen LogP contribution in [0.3, 0.4) is 0 Å². The van der Waals surface area contributed by atoms with Crippen LogP contribution in [-0.4, -0.2) is 27.5 Å². The van der Waals surface area contributed by atoms with Crippen molar-refractivity contribution in [1.29, 1.82) is 0 Å². The lowest BCUT2D eigenvalue weighted by Gasteiger charge is -2.19. The van der Waals surface area contributed by atoms with Crippen molar-refractivity contribution in [3.05, 3.63) is 53.6 Å². The van der Waals surface area contributed by atoms with Gasteiger partial charge in [-0.25, -0.2) is 13.1 Å². The number of hydrogen-bond acceptors (Lipinski definition) is 4. The number of fused-ring (bicyclic) bond motifs is 1. The summed E-state index contributed by atoms with van der Waals surface area (Å²) >= 11 is 0. The third-order valence-corrected chi connectivity index (χ3v) is 6.12. The maximum atomic E-state index is 12.5.